The lowest BCUT2D eigenvalue weighted by Crippen LogP contribution is -2.33. The fraction of sp³-hybridized carbons (Fsp3) is 0.765. The van der Waals surface area contributed by atoms with Gasteiger partial charge in [0.05, 0.1) is 24.3 Å². The fourth-order valence-electron chi connectivity index (χ4n) is 2.77. The van der Waals surface area contributed by atoms with Gasteiger partial charge in [0.25, 0.3) is 0 Å². The molecular weight excluding hydrogens is 296 g/mol. The summed E-state index contributed by atoms with van der Waals surface area (Å²) in [7, 11) is 0. The second kappa shape index (κ2) is 8.06. The van der Waals surface area contributed by atoms with Gasteiger partial charge in [-0.05, 0) is 45.4 Å². The number of aryl methyl sites for hydroxylation is 2. The highest BCUT2D eigenvalue weighted by Gasteiger charge is 2.23. The molecule has 5 heteroatoms. The molecule has 0 radical (unpaired) electrons. The topological polar surface area (TPSA) is 51.2 Å². The lowest BCUT2D eigenvalue weighted by atomic mass is 10.0. The number of aromatic nitrogens is 1. The van der Waals surface area contributed by atoms with Gasteiger partial charge >= 0.3 is 0 Å². The van der Waals surface area contributed by atoms with Crippen LogP contribution in [0.4, 0.5) is 0 Å². The van der Waals surface area contributed by atoms with Crippen molar-refractivity contribution in [2.45, 2.75) is 71.9 Å². The lowest BCUT2D eigenvalue weighted by Gasteiger charge is -2.24. The van der Waals surface area contributed by atoms with E-state index in [1.54, 1.807) is 11.3 Å². The molecule has 1 amide bonds. The van der Waals surface area contributed by atoms with Gasteiger partial charge in [0, 0.05) is 11.5 Å². The number of rotatable bonds is 6. The molecule has 1 fully saturated rings. The van der Waals surface area contributed by atoms with Crippen LogP contribution in [0.3, 0.4) is 0 Å². The van der Waals surface area contributed by atoms with Crippen LogP contribution in [0.15, 0.2) is 0 Å². The Morgan fingerprint density at radius 2 is 2.18 bits per heavy atom. The third kappa shape index (κ3) is 5.06. The van der Waals surface area contributed by atoms with E-state index >= 15 is 0 Å². The van der Waals surface area contributed by atoms with Gasteiger partial charge in [0.15, 0.2) is 0 Å². The minimum atomic E-state index is 0.0218. The number of carbonyl (C=O) groups excluding carboxylic acids is 1. The summed E-state index contributed by atoms with van der Waals surface area (Å²) in [5.41, 5.74) is 1.07. The summed E-state index contributed by atoms with van der Waals surface area (Å²) in [5, 5.41) is 4.21. The van der Waals surface area contributed by atoms with Crippen LogP contribution in [0.2, 0.25) is 0 Å². The van der Waals surface area contributed by atoms with Crippen LogP contribution in [-0.4, -0.2) is 23.6 Å². The summed E-state index contributed by atoms with van der Waals surface area (Å²) in [5.74, 6) is 0.601. The van der Waals surface area contributed by atoms with E-state index in [0.717, 1.165) is 43.0 Å². The molecule has 1 aliphatic heterocycles. The average Bonchev–Trinajstić information content (AvgIpc) is 2.78. The van der Waals surface area contributed by atoms with Gasteiger partial charge < -0.3 is 10.1 Å². The number of hydrogen-bond acceptors (Lipinski definition) is 4. The summed E-state index contributed by atoms with van der Waals surface area (Å²) in [6.07, 6.45) is 4.76. The highest BCUT2D eigenvalue weighted by molar-refractivity contribution is 7.11. The molecule has 2 rings (SSSR count). The molecular formula is C17H28N2O2S. The second-order valence-corrected chi connectivity index (χ2v) is 7.87. The van der Waals surface area contributed by atoms with E-state index in [0.29, 0.717) is 12.3 Å². The Morgan fingerprint density at radius 1 is 1.41 bits per heavy atom. The number of nitrogens with one attached hydrogen (secondary N) is 1. The maximum atomic E-state index is 12.4. The molecule has 1 saturated heterocycles. The Kier molecular flexibility index (Phi) is 6.38. The summed E-state index contributed by atoms with van der Waals surface area (Å²) >= 11 is 1.70. The van der Waals surface area contributed by atoms with Gasteiger partial charge in [0.1, 0.15) is 5.01 Å². The molecule has 2 unspecified atom stereocenters. The maximum absolute atomic E-state index is 12.4. The van der Waals surface area contributed by atoms with Crippen LogP contribution >= 0.6 is 11.3 Å². The minimum Gasteiger partial charge on any atom is -0.378 e. The molecule has 0 bridgehead atoms. The van der Waals surface area contributed by atoms with Crippen molar-refractivity contribution in [2.24, 2.45) is 5.92 Å². The maximum Gasteiger partial charge on any atom is 0.223 e. The van der Waals surface area contributed by atoms with Crippen LogP contribution in [0.1, 0.15) is 67.6 Å². The van der Waals surface area contributed by atoms with Crippen LogP contribution in [0.5, 0.6) is 0 Å². The SMILES string of the molecule is Cc1nc(C(CC(C)C)NC(=O)CC2CCCCO2)sc1C. The first-order valence-corrected chi connectivity index (χ1v) is 9.12. The van der Waals surface area contributed by atoms with E-state index in [4.69, 9.17) is 4.74 Å². The van der Waals surface area contributed by atoms with Crippen LogP contribution in [-0.2, 0) is 9.53 Å². The molecule has 4 nitrogen and oxygen atoms in total. The standard InChI is InChI=1S/C17H28N2O2S/c1-11(2)9-15(17-18-12(3)13(4)22-17)19-16(20)10-14-7-5-6-8-21-14/h11,14-15H,5-10H2,1-4H3,(H,19,20). The monoisotopic (exact) mass is 324 g/mol. The molecule has 0 aromatic carbocycles. The Labute approximate surface area is 137 Å². The normalized spacial score (nSPS) is 20.1. The van der Waals surface area contributed by atoms with Crippen LogP contribution in [0, 0.1) is 19.8 Å². The summed E-state index contributed by atoms with van der Waals surface area (Å²) in [6, 6.07) is 0.0218. The van der Waals surface area contributed by atoms with Crippen molar-refractivity contribution in [3.63, 3.8) is 0 Å². The largest absolute Gasteiger partial charge is 0.378 e. The predicted octanol–water partition coefficient (Wildman–Crippen LogP) is 3.92. The van der Waals surface area contributed by atoms with Gasteiger partial charge in [-0.3, -0.25) is 4.79 Å². The molecule has 124 valence electrons. The smallest absolute Gasteiger partial charge is 0.223 e. The van der Waals surface area contributed by atoms with Crippen molar-refractivity contribution in [3.05, 3.63) is 15.6 Å². The first-order chi connectivity index (χ1) is 10.5. The van der Waals surface area contributed by atoms with Gasteiger partial charge in [-0.15, -0.1) is 11.3 Å². The zero-order valence-corrected chi connectivity index (χ0v) is 15.0. The molecule has 0 aliphatic carbocycles. The van der Waals surface area contributed by atoms with Crippen molar-refractivity contribution >= 4 is 17.2 Å². The zero-order chi connectivity index (χ0) is 16.1. The molecule has 1 aromatic rings. The number of thiazole rings is 1. The van der Waals surface area contributed by atoms with Gasteiger partial charge in [-0.2, -0.15) is 0 Å². The van der Waals surface area contributed by atoms with Crippen LogP contribution < -0.4 is 5.32 Å². The van der Waals surface area contributed by atoms with E-state index < -0.39 is 0 Å². The molecule has 0 spiro atoms. The van der Waals surface area contributed by atoms with E-state index in [2.05, 4.69) is 31.1 Å². The zero-order valence-electron chi connectivity index (χ0n) is 14.1. The van der Waals surface area contributed by atoms with E-state index in [-0.39, 0.29) is 18.1 Å². The second-order valence-electron chi connectivity index (χ2n) is 6.64. The molecule has 22 heavy (non-hydrogen) atoms. The molecule has 1 aromatic heterocycles. The average molecular weight is 324 g/mol. The van der Waals surface area contributed by atoms with Gasteiger partial charge in [-0.1, -0.05) is 13.8 Å². The first-order valence-electron chi connectivity index (χ1n) is 8.30. The third-order valence-electron chi connectivity index (χ3n) is 4.07. The van der Waals surface area contributed by atoms with E-state index in [1.807, 2.05) is 6.92 Å². The van der Waals surface area contributed by atoms with Crippen molar-refractivity contribution in [1.82, 2.24) is 10.3 Å². The van der Waals surface area contributed by atoms with Crippen LogP contribution in [0.25, 0.3) is 0 Å². The van der Waals surface area contributed by atoms with Gasteiger partial charge in [-0.25, -0.2) is 4.98 Å². The Balaban J connectivity index is 1.97. The van der Waals surface area contributed by atoms with Crippen molar-refractivity contribution in [2.75, 3.05) is 6.61 Å². The molecule has 2 heterocycles. The third-order valence-corrected chi connectivity index (χ3v) is 5.26. The quantitative estimate of drug-likeness (QED) is 0.863. The molecule has 2 atom stereocenters. The Hall–Kier alpha value is -0.940. The molecule has 0 saturated carbocycles. The van der Waals surface area contributed by atoms with Crippen molar-refractivity contribution < 1.29 is 9.53 Å². The lowest BCUT2D eigenvalue weighted by molar-refractivity contribution is -0.125. The molecule has 1 aliphatic rings. The first kappa shape index (κ1) is 17.4. The highest BCUT2D eigenvalue weighted by Crippen LogP contribution is 2.28. The number of nitrogens with zero attached hydrogens (tertiary/aromatic N) is 1. The number of ether oxygens (including phenoxy) is 1. The fourth-order valence-corrected chi connectivity index (χ4v) is 3.75. The number of hydrogen-bond donors (Lipinski definition) is 1. The molecule has 1 N–H and O–H groups in total. The summed E-state index contributed by atoms with van der Waals surface area (Å²) in [6.45, 7) is 9.26. The number of carbonyl (C=O) groups is 1. The van der Waals surface area contributed by atoms with Crippen molar-refractivity contribution in [1.29, 1.82) is 0 Å². The number of amides is 1. The van der Waals surface area contributed by atoms with E-state index in [1.165, 1.54) is 4.88 Å². The van der Waals surface area contributed by atoms with E-state index in [9.17, 15) is 4.79 Å². The minimum absolute atomic E-state index is 0.0218. The van der Waals surface area contributed by atoms with Crippen molar-refractivity contribution in [3.8, 4) is 0 Å². The Morgan fingerprint density at radius 3 is 2.73 bits per heavy atom. The summed E-state index contributed by atoms with van der Waals surface area (Å²) in [4.78, 5) is 18.2. The van der Waals surface area contributed by atoms with Gasteiger partial charge in [0.2, 0.25) is 5.91 Å². The Bertz CT molecular complexity index is 473. The highest BCUT2D eigenvalue weighted by atomic mass is 32.1. The predicted molar refractivity (Wildman–Crippen MR) is 90.1 cm³/mol. The summed E-state index contributed by atoms with van der Waals surface area (Å²) < 4.78 is 5.67.